The van der Waals surface area contributed by atoms with E-state index in [0.29, 0.717) is 29.6 Å². The number of hydrogen-bond donors (Lipinski definition) is 2. The highest BCUT2D eigenvalue weighted by Crippen LogP contribution is 2.75. The van der Waals surface area contributed by atoms with Crippen molar-refractivity contribution < 1.29 is 19.8 Å². The quantitative estimate of drug-likeness (QED) is 0.431. The van der Waals surface area contributed by atoms with Crippen molar-refractivity contribution in [2.24, 2.45) is 45.3 Å². The Hall–Kier alpha value is -1.16. The molecule has 4 nitrogen and oxygen atoms in total. The number of Topliss-reactive ketones (excluding diaryl/α,β-unsaturated/α-hetero) is 1. The molecular formula is C30H48O4. The second kappa shape index (κ2) is 8.18. The Kier molecular flexibility index (Phi) is 6.24. The highest BCUT2D eigenvalue weighted by Gasteiger charge is 2.72. The molecule has 0 amide bonds. The Labute approximate surface area is 207 Å². The lowest BCUT2D eigenvalue weighted by molar-refractivity contribution is -0.270. The first-order valence-electron chi connectivity index (χ1n) is 13.8. The van der Waals surface area contributed by atoms with Crippen LogP contribution in [0.3, 0.4) is 0 Å². The number of hydrogen-bond acceptors (Lipinski definition) is 3. The monoisotopic (exact) mass is 472 g/mol. The normalized spacial score (nSPS) is 46.9. The van der Waals surface area contributed by atoms with Gasteiger partial charge in [-0.3, -0.25) is 4.79 Å². The van der Waals surface area contributed by atoms with Crippen molar-refractivity contribution >= 4 is 11.8 Å². The Balaban J connectivity index is 1.59. The van der Waals surface area contributed by atoms with Gasteiger partial charge in [0.2, 0.25) is 0 Å². The molecule has 4 aliphatic rings. The molecule has 0 aromatic rings. The highest BCUT2D eigenvalue weighted by atomic mass is 16.4. The van der Waals surface area contributed by atoms with Crippen LogP contribution < -0.4 is 0 Å². The summed E-state index contributed by atoms with van der Waals surface area (Å²) in [7, 11) is 0. The van der Waals surface area contributed by atoms with E-state index in [1.54, 1.807) is 6.92 Å². The second-order valence-corrected chi connectivity index (χ2v) is 13.9. The van der Waals surface area contributed by atoms with Crippen molar-refractivity contribution in [2.45, 2.75) is 118 Å². The van der Waals surface area contributed by atoms with Gasteiger partial charge in [0.1, 0.15) is 5.78 Å². The third kappa shape index (κ3) is 3.33. The van der Waals surface area contributed by atoms with Crippen molar-refractivity contribution in [3.8, 4) is 0 Å². The summed E-state index contributed by atoms with van der Waals surface area (Å²) >= 11 is 0. The van der Waals surface area contributed by atoms with E-state index in [1.165, 1.54) is 12.8 Å². The Morgan fingerprint density at radius 3 is 2.26 bits per heavy atom. The summed E-state index contributed by atoms with van der Waals surface area (Å²) in [5.74, 6) is 1.25. The zero-order valence-electron chi connectivity index (χ0n) is 22.7. The summed E-state index contributed by atoms with van der Waals surface area (Å²) in [6, 6.07) is 0. The zero-order chi connectivity index (χ0) is 25.3. The van der Waals surface area contributed by atoms with Crippen LogP contribution in [-0.4, -0.2) is 27.6 Å². The number of carbonyl (C=O) groups is 2. The Morgan fingerprint density at radius 2 is 1.62 bits per heavy atom. The van der Waals surface area contributed by atoms with Crippen molar-refractivity contribution in [3.05, 3.63) is 11.6 Å². The van der Waals surface area contributed by atoms with Gasteiger partial charge in [-0.05, 0) is 99.2 Å². The number of carboxylic acids is 1. The van der Waals surface area contributed by atoms with Crippen molar-refractivity contribution in [3.63, 3.8) is 0 Å². The van der Waals surface area contributed by atoms with Crippen LogP contribution >= 0.6 is 0 Å². The lowest BCUT2D eigenvalue weighted by Crippen LogP contribution is -2.70. The molecule has 0 saturated heterocycles. The van der Waals surface area contributed by atoms with Gasteiger partial charge in [0.05, 0.1) is 5.60 Å². The number of aliphatic carboxylic acids is 1. The van der Waals surface area contributed by atoms with Gasteiger partial charge in [0, 0.05) is 22.8 Å². The average Bonchev–Trinajstić information content (AvgIpc) is 3.03. The summed E-state index contributed by atoms with van der Waals surface area (Å²) in [6.07, 6.45) is 11.5. The molecule has 4 saturated carbocycles. The summed E-state index contributed by atoms with van der Waals surface area (Å²) in [5, 5.41) is 21.8. The second-order valence-electron chi connectivity index (χ2n) is 13.9. The lowest BCUT2D eigenvalue weighted by atomic mass is 9.36. The van der Waals surface area contributed by atoms with Gasteiger partial charge in [-0.2, -0.15) is 0 Å². The maximum absolute atomic E-state index is 12.8. The summed E-state index contributed by atoms with van der Waals surface area (Å²) in [4.78, 5) is 24.0. The summed E-state index contributed by atoms with van der Waals surface area (Å²) in [6.45, 7) is 15.6. The Bertz CT molecular complexity index is 888. The molecule has 0 aliphatic heterocycles. The molecule has 4 heteroatoms. The van der Waals surface area contributed by atoms with Crippen LogP contribution in [0.25, 0.3) is 0 Å². The average molecular weight is 473 g/mol. The molecule has 2 N–H and O–H groups in total. The van der Waals surface area contributed by atoms with Crippen LogP contribution in [0.15, 0.2) is 11.6 Å². The molecule has 4 rings (SSSR count). The van der Waals surface area contributed by atoms with Gasteiger partial charge in [-0.1, -0.05) is 47.6 Å². The van der Waals surface area contributed by atoms with E-state index in [-0.39, 0.29) is 33.5 Å². The molecule has 4 aliphatic carbocycles. The Morgan fingerprint density at radius 1 is 0.971 bits per heavy atom. The number of allylic oxidation sites excluding steroid dienone is 1. The number of carbonyl (C=O) groups excluding carboxylic acids is 1. The van der Waals surface area contributed by atoms with Crippen LogP contribution in [0.5, 0.6) is 0 Å². The molecule has 4 fully saturated rings. The van der Waals surface area contributed by atoms with E-state index >= 15 is 0 Å². The van der Waals surface area contributed by atoms with Gasteiger partial charge < -0.3 is 10.2 Å². The third-order valence-corrected chi connectivity index (χ3v) is 12.5. The predicted octanol–water partition coefficient (Wildman–Crippen LogP) is 6.80. The van der Waals surface area contributed by atoms with Crippen LogP contribution in [0.4, 0.5) is 0 Å². The molecule has 0 radical (unpaired) electrons. The molecule has 34 heavy (non-hydrogen) atoms. The number of carboxylic acid groups (broad SMARTS) is 1. The maximum Gasteiger partial charge on any atom is 0.330 e. The van der Waals surface area contributed by atoms with Crippen molar-refractivity contribution in [2.75, 3.05) is 0 Å². The van der Waals surface area contributed by atoms with Crippen molar-refractivity contribution in [1.82, 2.24) is 0 Å². The predicted molar refractivity (Wildman–Crippen MR) is 135 cm³/mol. The first kappa shape index (κ1) is 25.9. The number of fused-ring (bicyclic) bond motifs is 5. The fourth-order valence-corrected chi connectivity index (χ4v) is 10.1. The number of ketones is 1. The summed E-state index contributed by atoms with van der Waals surface area (Å²) < 4.78 is 0. The largest absolute Gasteiger partial charge is 0.478 e. The fraction of sp³-hybridized carbons (Fsp3) is 0.867. The van der Waals surface area contributed by atoms with Crippen molar-refractivity contribution in [1.29, 1.82) is 0 Å². The molecular weight excluding hydrogens is 424 g/mol. The van der Waals surface area contributed by atoms with E-state index in [0.717, 1.165) is 44.9 Å². The molecule has 0 bridgehead atoms. The van der Waals surface area contributed by atoms with Crippen LogP contribution in [0.2, 0.25) is 0 Å². The summed E-state index contributed by atoms with van der Waals surface area (Å²) in [5.41, 5.74) is -0.494. The molecule has 0 aromatic heterocycles. The van der Waals surface area contributed by atoms with E-state index in [2.05, 4.69) is 41.5 Å². The highest BCUT2D eigenvalue weighted by molar-refractivity contribution is 5.86. The third-order valence-electron chi connectivity index (χ3n) is 12.5. The first-order valence-corrected chi connectivity index (χ1v) is 13.8. The van der Waals surface area contributed by atoms with E-state index in [4.69, 9.17) is 5.11 Å². The molecule has 1 unspecified atom stereocenters. The van der Waals surface area contributed by atoms with E-state index < -0.39 is 11.6 Å². The van der Waals surface area contributed by atoms with E-state index in [9.17, 15) is 14.7 Å². The molecule has 0 spiro atoms. The SMILES string of the molecule is C/C(=C\CC[C@@H](C)C1CC[C@@]2(C)[C@@H]3CC[C@H]4C(C)(C)C(=O)CC[C@]4(C)[C@@]3(O)CC[C@]12C)C(=O)O. The molecule has 8 atom stereocenters. The van der Waals surface area contributed by atoms with Crippen LogP contribution in [0, 0.1) is 45.3 Å². The van der Waals surface area contributed by atoms with Gasteiger partial charge in [-0.15, -0.1) is 0 Å². The standard InChI is InChI=1S/C30H48O4/c1-19(9-8-10-20(2)25(32)33)21-13-15-28(6)23-12-11-22-26(3,4)24(31)14-16-29(22,7)30(23,34)18-17-27(21,28)5/h10,19,21-23,34H,8-9,11-18H2,1-7H3,(H,32,33)/b20-10+/t19-,21?,22+,23+,27-,28+,29+,30-/m1/s1. The number of rotatable bonds is 5. The first-order chi connectivity index (χ1) is 15.6. The van der Waals surface area contributed by atoms with E-state index in [1.807, 2.05) is 6.08 Å². The molecule has 0 heterocycles. The van der Waals surface area contributed by atoms with Crippen LogP contribution in [0.1, 0.15) is 113 Å². The molecule has 192 valence electrons. The fourth-order valence-electron chi connectivity index (χ4n) is 10.1. The van der Waals surface area contributed by atoms with Gasteiger partial charge in [-0.25, -0.2) is 4.79 Å². The maximum atomic E-state index is 12.8. The van der Waals surface area contributed by atoms with Gasteiger partial charge in [0.15, 0.2) is 0 Å². The van der Waals surface area contributed by atoms with Gasteiger partial charge >= 0.3 is 5.97 Å². The zero-order valence-corrected chi connectivity index (χ0v) is 22.7. The topological polar surface area (TPSA) is 74.6 Å². The van der Waals surface area contributed by atoms with Gasteiger partial charge in [0.25, 0.3) is 0 Å². The minimum Gasteiger partial charge on any atom is -0.478 e. The lowest BCUT2D eigenvalue weighted by Gasteiger charge is -2.70. The van der Waals surface area contributed by atoms with Crippen LogP contribution in [-0.2, 0) is 9.59 Å². The smallest absolute Gasteiger partial charge is 0.330 e. The minimum atomic E-state index is -0.823. The number of aliphatic hydroxyl groups is 1. The molecule has 0 aromatic carbocycles. The minimum absolute atomic E-state index is 0.103.